The monoisotopic (exact) mass is 308 g/mol. The maximum absolute atomic E-state index is 12.0. The first-order valence-electron chi connectivity index (χ1n) is 8.04. The molecule has 124 valence electrons. The number of carbonyl (C=O) groups excluding carboxylic acids is 1. The first-order valence-corrected chi connectivity index (χ1v) is 8.04. The molecule has 1 amide bonds. The third-order valence-electron chi connectivity index (χ3n) is 4.45. The van der Waals surface area contributed by atoms with E-state index in [4.69, 9.17) is 4.52 Å². The second-order valence-corrected chi connectivity index (χ2v) is 6.40. The van der Waals surface area contributed by atoms with Crippen LogP contribution in [0.2, 0.25) is 0 Å². The van der Waals surface area contributed by atoms with Crippen molar-refractivity contribution in [3.05, 3.63) is 17.0 Å². The van der Waals surface area contributed by atoms with Gasteiger partial charge in [0.2, 0.25) is 5.91 Å². The van der Waals surface area contributed by atoms with Crippen LogP contribution in [-0.4, -0.2) is 67.2 Å². The summed E-state index contributed by atoms with van der Waals surface area (Å²) in [6.07, 6.45) is 2.95. The van der Waals surface area contributed by atoms with E-state index in [2.05, 4.69) is 34.4 Å². The van der Waals surface area contributed by atoms with E-state index in [1.54, 1.807) is 0 Å². The third-order valence-corrected chi connectivity index (χ3v) is 4.45. The first-order chi connectivity index (χ1) is 10.5. The Morgan fingerprint density at radius 1 is 1.45 bits per heavy atom. The molecule has 0 spiro atoms. The molecule has 0 saturated carbocycles. The summed E-state index contributed by atoms with van der Waals surface area (Å²) in [7, 11) is 4.20. The fourth-order valence-corrected chi connectivity index (χ4v) is 2.99. The van der Waals surface area contributed by atoms with Crippen molar-refractivity contribution in [2.45, 2.75) is 39.2 Å². The average molecular weight is 308 g/mol. The van der Waals surface area contributed by atoms with Crippen LogP contribution in [0.25, 0.3) is 0 Å². The van der Waals surface area contributed by atoms with E-state index in [1.807, 2.05) is 13.8 Å². The van der Waals surface area contributed by atoms with Gasteiger partial charge in [-0.3, -0.25) is 9.69 Å². The molecule has 1 atom stereocenters. The van der Waals surface area contributed by atoms with Gasteiger partial charge < -0.3 is 14.7 Å². The molecule has 0 aliphatic carbocycles. The van der Waals surface area contributed by atoms with Gasteiger partial charge in [0.1, 0.15) is 5.76 Å². The van der Waals surface area contributed by atoms with Crippen molar-refractivity contribution in [1.82, 2.24) is 20.3 Å². The molecule has 2 heterocycles. The first kappa shape index (κ1) is 17.0. The Kier molecular flexibility index (Phi) is 5.97. The third kappa shape index (κ3) is 4.55. The largest absolute Gasteiger partial charge is 0.361 e. The van der Waals surface area contributed by atoms with Gasteiger partial charge in [-0.25, -0.2) is 0 Å². The highest BCUT2D eigenvalue weighted by Crippen LogP contribution is 2.14. The molecule has 1 saturated heterocycles. The van der Waals surface area contributed by atoms with Crippen LogP contribution in [-0.2, 0) is 11.2 Å². The van der Waals surface area contributed by atoms with Gasteiger partial charge in [-0.1, -0.05) is 5.16 Å². The number of hydrogen-bond acceptors (Lipinski definition) is 5. The molecule has 1 unspecified atom stereocenters. The lowest BCUT2D eigenvalue weighted by molar-refractivity contribution is -0.122. The van der Waals surface area contributed by atoms with Gasteiger partial charge in [-0.05, 0) is 47.2 Å². The molecule has 1 aromatic rings. The van der Waals surface area contributed by atoms with E-state index < -0.39 is 0 Å². The summed E-state index contributed by atoms with van der Waals surface area (Å²) in [4.78, 5) is 16.4. The van der Waals surface area contributed by atoms with Crippen LogP contribution in [0.15, 0.2) is 4.52 Å². The Bertz CT molecular complexity index is 479. The molecule has 0 radical (unpaired) electrons. The number of nitrogens with one attached hydrogen (secondary N) is 1. The standard InChI is InChI=1S/C16H28N4O2/c1-12-15(13(2)22-18-12)6-5-8-17-16(21)11-20-9-7-14(10-20)19(3)4/h14H,5-11H2,1-4H3,(H,17,21). The molecule has 1 aliphatic rings. The van der Waals surface area contributed by atoms with Gasteiger partial charge in [-0.2, -0.15) is 0 Å². The van der Waals surface area contributed by atoms with Crippen molar-refractivity contribution in [3.8, 4) is 0 Å². The fourth-order valence-electron chi connectivity index (χ4n) is 2.99. The van der Waals surface area contributed by atoms with Gasteiger partial charge >= 0.3 is 0 Å². The number of rotatable bonds is 7. The lowest BCUT2D eigenvalue weighted by Crippen LogP contribution is -2.38. The number of nitrogens with zero attached hydrogens (tertiary/aromatic N) is 3. The minimum atomic E-state index is 0.123. The molecule has 2 rings (SSSR count). The highest BCUT2D eigenvalue weighted by molar-refractivity contribution is 5.78. The zero-order valence-corrected chi connectivity index (χ0v) is 14.2. The molecule has 6 heteroatoms. The van der Waals surface area contributed by atoms with Gasteiger partial charge in [0.05, 0.1) is 12.2 Å². The zero-order valence-electron chi connectivity index (χ0n) is 14.2. The minimum absolute atomic E-state index is 0.123. The molecule has 0 bridgehead atoms. The molecule has 1 N–H and O–H groups in total. The van der Waals surface area contributed by atoms with E-state index in [-0.39, 0.29) is 5.91 Å². The number of amides is 1. The summed E-state index contributed by atoms with van der Waals surface area (Å²) in [5, 5.41) is 6.96. The van der Waals surface area contributed by atoms with Crippen LogP contribution in [0.3, 0.4) is 0 Å². The molecule has 1 aliphatic heterocycles. The molecule has 0 aromatic carbocycles. The van der Waals surface area contributed by atoms with E-state index in [0.29, 0.717) is 19.1 Å². The number of hydrogen-bond donors (Lipinski definition) is 1. The van der Waals surface area contributed by atoms with Crippen molar-refractivity contribution >= 4 is 5.91 Å². The lowest BCUT2D eigenvalue weighted by atomic mass is 10.1. The Labute approximate surface area is 132 Å². The maximum atomic E-state index is 12.0. The van der Waals surface area contributed by atoms with Gasteiger partial charge in [0.25, 0.3) is 0 Å². The van der Waals surface area contributed by atoms with Crippen LogP contribution in [0, 0.1) is 13.8 Å². The van der Waals surface area contributed by atoms with E-state index in [1.165, 1.54) is 5.56 Å². The predicted molar refractivity (Wildman–Crippen MR) is 85.8 cm³/mol. The van der Waals surface area contributed by atoms with Gasteiger partial charge in [0, 0.05) is 31.2 Å². The van der Waals surface area contributed by atoms with Crippen LogP contribution < -0.4 is 5.32 Å². The lowest BCUT2D eigenvalue weighted by Gasteiger charge is -2.20. The number of likely N-dealkylation sites (N-methyl/N-ethyl adjacent to an activating group) is 1. The minimum Gasteiger partial charge on any atom is -0.361 e. The molecule has 1 fully saturated rings. The summed E-state index contributed by atoms with van der Waals surface area (Å²) >= 11 is 0. The Morgan fingerprint density at radius 3 is 2.82 bits per heavy atom. The van der Waals surface area contributed by atoms with Crippen LogP contribution >= 0.6 is 0 Å². The van der Waals surface area contributed by atoms with E-state index in [9.17, 15) is 4.79 Å². The Hall–Kier alpha value is -1.40. The van der Waals surface area contributed by atoms with E-state index in [0.717, 1.165) is 43.8 Å². The average Bonchev–Trinajstić information content (AvgIpc) is 3.04. The van der Waals surface area contributed by atoms with E-state index >= 15 is 0 Å². The maximum Gasteiger partial charge on any atom is 0.234 e. The normalized spacial score (nSPS) is 19.0. The Morgan fingerprint density at radius 2 is 2.23 bits per heavy atom. The number of likely N-dealkylation sites (tertiary alicyclic amines) is 1. The van der Waals surface area contributed by atoms with Crippen molar-refractivity contribution in [2.24, 2.45) is 0 Å². The second kappa shape index (κ2) is 7.74. The summed E-state index contributed by atoms with van der Waals surface area (Å²) in [6, 6.07) is 0.576. The SMILES string of the molecule is Cc1noc(C)c1CCCNC(=O)CN1CCC(N(C)C)C1. The van der Waals surface area contributed by atoms with Crippen LogP contribution in [0.5, 0.6) is 0 Å². The molecule has 6 nitrogen and oxygen atoms in total. The van der Waals surface area contributed by atoms with Gasteiger partial charge in [-0.15, -0.1) is 0 Å². The molecule has 1 aromatic heterocycles. The molecular formula is C16H28N4O2. The number of aryl methyl sites for hydroxylation is 2. The summed E-state index contributed by atoms with van der Waals surface area (Å²) in [6.45, 7) is 7.10. The molecule has 22 heavy (non-hydrogen) atoms. The number of carbonyl (C=O) groups is 1. The van der Waals surface area contributed by atoms with Crippen LogP contribution in [0.4, 0.5) is 0 Å². The van der Waals surface area contributed by atoms with Crippen molar-refractivity contribution in [3.63, 3.8) is 0 Å². The zero-order chi connectivity index (χ0) is 16.1. The quantitative estimate of drug-likeness (QED) is 0.761. The van der Waals surface area contributed by atoms with Crippen molar-refractivity contribution in [2.75, 3.05) is 40.3 Å². The molecular weight excluding hydrogens is 280 g/mol. The number of aromatic nitrogens is 1. The van der Waals surface area contributed by atoms with Gasteiger partial charge in [0.15, 0.2) is 0 Å². The van der Waals surface area contributed by atoms with Crippen LogP contribution in [0.1, 0.15) is 29.9 Å². The topological polar surface area (TPSA) is 61.6 Å². The smallest absolute Gasteiger partial charge is 0.234 e. The van der Waals surface area contributed by atoms with Crippen molar-refractivity contribution in [1.29, 1.82) is 0 Å². The second-order valence-electron chi connectivity index (χ2n) is 6.40. The fraction of sp³-hybridized carbons (Fsp3) is 0.750. The summed E-state index contributed by atoms with van der Waals surface area (Å²) in [5.41, 5.74) is 2.12. The highest BCUT2D eigenvalue weighted by Gasteiger charge is 2.24. The highest BCUT2D eigenvalue weighted by atomic mass is 16.5. The Balaban J connectivity index is 1.62. The summed E-state index contributed by atoms with van der Waals surface area (Å²) < 4.78 is 5.14. The summed E-state index contributed by atoms with van der Waals surface area (Å²) in [5.74, 6) is 1.01. The van der Waals surface area contributed by atoms with Crippen molar-refractivity contribution < 1.29 is 9.32 Å². The predicted octanol–water partition coefficient (Wildman–Crippen LogP) is 0.976.